The van der Waals surface area contributed by atoms with Gasteiger partial charge in [-0.2, -0.15) is 0 Å². The molecule has 0 saturated heterocycles. The molecule has 0 aromatic rings. The molecule has 0 aliphatic rings. The third-order valence-electron chi connectivity index (χ3n) is 1.62. The van der Waals surface area contributed by atoms with Gasteiger partial charge in [0.1, 0.15) is 0 Å². The molecule has 0 fully saturated rings. The van der Waals surface area contributed by atoms with Crippen LogP contribution in [-0.2, 0) is 4.74 Å². The van der Waals surface area contributed by atoms with E-state index in [9.17, 15) is 0 Å². The van der Waals surface area contributed by atoms with Crippen LogP contribution in [0.2, 0.25) is 0 Å². The van der Waals surface area contributed by atoms with Gasteiger partial charge in [0.2, 0.25) is 0 Å². The Morgan fingerprint density at radius 2 is 2.17 bits per heavy atom. The van der Waals surface area contributed by atoms with Gasteiger partial charge in [0.15, 0.2) is 0 Å². The summed E-state index contributed by atoms with van der Waals surface area (Å²) in [5.74, 6) is 2.61. The molecule has 0 aromatic carbocycles. The van der Waals surface area contributed by atoms with Gasteiger partial charge in [0, 0.05) is 13.2 Å². The number of rotatable bonds is 5. The van der Waals surface area contributed by atoms with Crippen molar-refractivity contribution in [1.82, 2.24) is 5.32 Å². The Hall–Kier alpha value is -0.520. The second-order valence-electron chi connectivity index (χ2n) is 3.46. The Labute approximate surface area is 75.7 Å². The van der Waals surface area contributed by atoms with Crippen LogP contribution >= 0.6 is 0 Å². The van der Waals surface area contributed by atoms with Crippen molar-refractivity contribution >= 4 is 0 Å². The molecule has 0 rings (SSSR count). The monoisotopic (exact) mass is 169 g/mol. The molecule has 0 aliphatic heterocycles. The van der Waals surface area contributed by atoms with E-state index in [-0.39, 0.29) is 11.6 Å². The number of nitrogens with one attached hydrogen (secondary N) is 1. The molecule has 2 heteroatoms. The highest BCUT2D eigenvalue weighted by Gasteiger charge is 2.17. The lowest BCUT2D eigenvalue weighted by Crippen LogP contribution is -2.40. The Bertz CT molecular complexity index is 158. The van der Waals surface area contributed by atoms with E-state index in [0.29, 0.717) is 0 Å². The highest BCUT2D eigenvalue weighted by atomic mass is 16.5. The van der Waals surface area contributed by atoms with Gasteiger partial charge in [-0.05, 0) is 27.7 Å². The highest BCUT2D eigenvalue weighted by Crippen LogP contribution is 2.06. The predicted molar refractivity (Wildman–Crippen MR) is 52.0 cm³/mol. The second-order valence-corrected chi connectivity index (χ2v) is 3.46. The first kappa shape index (κ1) is 11.5. The van der Waals surface area contributed by atoms with E-state index in [4.69, 9.17) is 11.2 Å². The van der Waals surface area contributed by atoms with Crippen molar-refractivity contribution in [2.75, 3.05) is 13.2 Å². The van der Waals surface area contributed by atoms with Crippen LogP contribution in [0.15, 0.2) is 0 Å². The summed E-state index contributed by atoms with van der Waals surface area (Å²) in [5.41, 5.74) is -0.125. The predicted octanol–water partition coefficient (Wildman–Crippen LogP) is 1.41. The zero-order valence-corrected chi connectivity index (χ0v) is 8.48. The van der Waals surface area contributed by atoms with Gasteiger partial charge in [-0.3, -0.25) is 0 Å². The smallest absolute Gasteiger partial charge is 0.0750 e. The van der Waals surface area contributed by atoms with E-state index >= 15 is 0 Å². The quantitative estimate of drug-likeness (QED) is 0.628. The van der Waals surface area contributed by atoms with Crippen molar-refractivity contribution in [2.24, 2.45) is 0 Å². The third-order valence-corrected chi connectivity index (χ3v) is 1.62. The van der Waals surface area contributed by atoms with Gasteiger partial charge in [-0.25, -0.2) is 0 Å². The van der Waals surface area contributed by atoms with Gasteiger partial charge >= 0.3 is 0 Å². The maximum absolute atomic E-state index is 5.49. The topological polar surface area (TPSA) is 21.3 Å². The molecule has 0 aliphatic carbocycles. The Balaban J connectivity index is 3.68. The fourth-order valence-corrected chi connectivity index (χ4v) is 0.900. The van der Waals surface area contributed by atoms with Crippen molar-refractivity contribution in [1.29, 1.82) is 0 Å². The number of ether oxygens (including phenoxy) is 1. The zero-order chi connectivity index (χ0) is 9.61. The molecule has 12 heavy (non-hydrogen) atoms. The lowest BCUT2D eigenvalue weighted by Gasteiger charge is -2.25. The minimum atomic E-state index is -0.125. The lowest BCUT2D eigenvalue weighted by molar-refractivity contribution is -0.00934. The Morgan fingerprint density at radius 1 is 1.58 bits per heavy atom. The van der Waals surface area contributed by atoms with Crippen LogP contribution < -0.4 is 5.32 Å². The zero-order valence-electron chi connectivity index (χ0n) is 8.48. The van der Waals surface area contributed by atoms with Gasteiger partial charge in [-0.15, -0.1) is 6.42 Å². The maximum atomic E-state index is 5.49. The van der Waals surface area contributed by atoms with E-state index < -0.39 is 0 Å². The van der Waals surface area contributed by atoms with Crippen LogP contribution in [0.1, 0.15) is 27.7 Å². The first-order chi connectivity index (χ1) is 5.52. The Morgan fingerprint density at radius 3 is 2.58 bits per heavy atom. The molecule has 0 bridgehead atoms. The first-order valence-electron chi connectivity index (χ1n) is 4.35. The molecule has 0 saturated carbocycles. The summed E-state index contributed by atoms with van der Waals surface area (Å²) in [5, 5.41) is 3.20. The largest absolute Gasteiger partial charge is 0.375 e. The molecule has 1 unspecified atom stereocenters. The summed E-state index contributed by atoms with van der Waals surface area (Å²) in [6.45, 7) is 9.57. The van der Waals surface area contributed by atoms with E-state index in [2.05, 4.69) is 11.2 Å². The maximum Gasteiger partial charge on any atom is 0.0750 e. The standard InChI is InChI=1S/C10H19NO/c1-6-9(3)11-8-10(4,5)12-7-2/h1,9,11H,7-8H2,2-5H3. The van der Waals surface area contributed by atoms with Crippen LogP contribution in [0.25, 0.3) is 0 Å². The minimum absolute atomic E-state index is 0.115. The lowest BCUT2D eigenvalue weighted by atomic mass is 10.1. The SMILES string of the molecule is C#CC(C)NCC(C)(C)OCC. The fraction of sp³-hybridized carbons (Fsp3) is 0.800. The fourth-order valence-electron chi connectivity index (χ4n) is 0.900. The summed E-state index contributed by atoms with van der Waals surface area (Å²) >= 11 is 0. The molecule has 2 nitrogen and oxygen atoms in total. The summed E-state index contributed by atoms with van der Waals surface area (Å²) < 4.78 is 5.49. The third kappa shape index (κ3) is 5.17. The molecule has 70 valence electrons. The van der Waals surface area contributed by atoms with Crippen LogP contribution in [0.3, 0.4) is 0 Å². The van der Waals surface area contributed by atoms with E-state index in [1.54, 1.807) is 0 Å². The molecule has 0 spiro atoms. The van der Waals surface area contributed by atoms with E-state index in [0.717, 1.165) is 13.2 Å². The van der Waals surface area contributed by atoms with Crippen molar-refractivity contribution in [3.8, 4) is 12.3 Å². The van der Waals surface area contributed by atoms with Crippen LogP contribution in [0.4, 0.5) is 0 Å². The van der Waals surface area contributed by atoms with Crippen molar-refractivity contribution in [2.45, 2.75) is 39.3 Å². The van der Waals surface area contributed by atoms with Crippen molar-refractivity contribution < 1.29 is 4.74 Å². The van der Waals surface area contributed by atoms with E-state index in [1.807, 2.05) is 27.7 Å². The van der Waals surface area contributed by atoms with E-state index in [1.165, 1.54) is 0 Å². The molecule has 0 amide bonds. The summed E-state index contributed by atoms with van der Waals surface area (Å²) in [7, 11) is 0. The average Bonchev–Trinajstić information content (AvgIpc) is 2.00. The van der Waals surface area contributed by atoms with Crippen LogP contribution in [0, 0.1) is 12.3 Å². The Kier molecular flexibility index (Phi) is 4.96. The molecule has 1 N–H and O–H groups in total. The van der Waals surface area contributed by atoms with Crippen LogP contribution in [0.5, 0.6) is 0 Å². The first-order valence-corrected chi connectivity index (χ1v) is 4.35. The molecular formula is C10H19NO. The number of terminal acetylenes is 1. The summed E-state index contributed by atoms with van der Waals surface area (Å²) in [4.78, 5) is 0. The van der Waals surface area contributed by atoms with Gasteiger partial charge in [0.05, 0.1) is 11.6 Å². The van der Waals surface area contributed by atoms with Crippen LogP contribution in [-0.4, -0.2) is 24.8 Å². The van der Waals surface area contributed by atoms with Crippen molar-refractivity contribution in [3.05, 3.63) is 0 Å². The highest BCUT2D eigenvalue weighted by molar-refractivity contribution is 4.96. The second kappa shape index (κ2) is 5.18. The van der Waals surface area contributed by atoms with Gasteiger partial charge in [-0.1, -0.05) is 5.92 Å². The van der Waals surface area contributed by atoms with Crippen molar-refractivity contribution in [3.63, 3.8) is 0 Å². The van der Waals surface area contributed by atoms with Gasteiger partial charge < -0.3 is 10.1 Å². The molecular weight excluding hydrogens is 150 g/mol. The molecule has 1 atom stereocenters. The molecule has 0 radical (unpaired) electrons. The normalized spacial score (nSPS) is 13.9. The number of hydrogen-bond acceptors (Lipinski definition) is 2. The number of hydrogen-bond donors (Lipinski definition) is 1. The molecule has 0 aromatic heterocycles. The minimum Gasteiger partial charge on any atom is -0.375 e. The summed E-state index contributed by atoms with van der Waals surface area (Å²) in [6, 6.07) is 0.115. The summed E-state index contributed by atoms with van der Waals surface area (Å²) in [6.07, 6.45) is 5.22. The average molecular weight is 169 g/mol. The molecule has 0 heterocycles. The van der Waals surface area contributed by atoms with Gasteiger partial charge in [0.25, 0.3) is 0 Å².